The minimum Gasteiger partial charge on any atom is -0.497 e. The van der Waals surface area contributed by atoms with Gasteiger partial charge < -0.3 is 14.8 Å². The van der Waals surface area contributed by atoms with Crippen molar-refractivity contribution < 1.29 is 14.3 Å². The fraction of sp³-hybridized carbons (Fsp3) is 0.375. The molecule has 0 saturated heterocycles. The second-order valence-corrected chi connectivity index (χ2v) is 5.06. The third-order valence-corrected chi connectivity index (χ3v) is 3.70. The van der Waals surface area contributed by atoms with Crippen LogP contribution in [0.25, 0.3) is 0 Å². The van der Waals surface area contributed by atoms with Crippen LogP contribution >= 0.6 is 0 Å². The topological polar surface area (TPSA) is 65.4 Å². The van der Waals surface area contributed by atoms with Gasteiger partial charge in [0.2, 0.25) is 0 Å². The summed E-state index contributed by atoms with van der Waals surface area (Å²) in [5.41, 5.74) is 3.49. The van der Waals surface area contributed by atoms with E-state index in [0.717, 1.165) is 17.0 Å². The molecule has 0 aliphatic rings. The molecule has 0 fully saturated rings. The van der Waals surface area contributed by atoms with Crippen LogP contribution in [0.1, 0.15) is 27.3 Å². The van der Waals surface area contributed by atoms with Crippen molar-refractivity contribution >= 4 is 5.91 Å². The summed E-state index contributed by atoms with van der Waals surface area (Å²) in [7, 11) is 5.00. The maximum absolute atomic E-state index is 12.3. The van der Waals surface area contributed by atoms with Crippen molar-refractivity contribution in [2.75, 3.05) is 14.2 Å². The first-order valence-corrected chi connectivity index (χ1v) is 6.96. The Morgan fingerprint density at radius 1 is 1.18 bits per heavy atom. The van der Waals surface area contributed by atoms with Gasteiger partial charge in [0, 0.05) is 36.5 Å². The Morgan fingerprint density at radius 3 is 2.23 bits per heavy atom. The molecule has 0 atom stereocenters. The Hall–Kier alpha value is -2.50. The number of rotatable bonds is 5. The highest BCUT2D eigenvalue weighted by atomic mass is 16.5. The first-order valence-electron chi connectivity index (χ1n) is 6.96. The van der Waals surface area contributed by atoms with Crippen LogP contribution in [-0.4, -0.2) is 29.9 Å². The Bertz CT molecular complexity index is 670. The number of aryl methyl sites for hydroxylation is 2. The largest absolute Gasteiger partial charge is 0.497 e. The lowest BCUT2D eigenvalue weighted by atomic mass is 10.1. The van der Waals surface area contributed by atoms with Crippen molar-refractivity contribution in [2.24, 2.45) is 7.05 Å². The molecular weight excluding hydrogens is 282 g/mol. The van der Waals surface area contributed by atoms with Gasteiger partial charge in [-0.3, -0.25) is 9.48 Å². The van der Waals surface area contributed by atoms with Crippen LogP contribution in [0.4, 0.5) is 0 Å². The van der Waals surface area contributed by atoms with E-state index in [-0.39, 0.29) is 5.91 Å². The number of nitrogens with zero attached hydrogens (tertiary/aromatic N) is 2. The lowest BCUT2D eigenvalue weighted by Crippen LogP contribution is -2.23. The summed E-state index contributed by atoms with van der Waals surface area (Å²) in [6, 6.07) is 5.09. The Labute approximate surface area is 130 Å². The standard InChI is InChI=1S/C16H21N3O3/c1-10-15(11(2)19(3)18-10)9-17-16(20)12-6-13(21-4)8-14(7-12)22-5/h6-8H,9H2,1-5H3,(H,17,20). The number of hydrogen-bond acceptors (Lipinski definition) is 4. The highest BCUT2D eigenvalue weighted by Gasteiger charge is 2.13. The van der Waals surface area contributed by atoms with Crippen LogP contribution in [-0.2, 0) is 13.6 Å². The van der Waals surface area contributed by atoms with E-state index in [0.29, 0.717) is 23.6 Å². The van der Waals surface area contributed by atoms with Gasteiger partial charge >= 0.3 is 0 Å². The SMILES string of the molecule is COc1cc(OC)cc(C(=O)NCc2c(C)nn(C)c2C)c1. The molecule has 1 heterocycles. The lowest BCUT2D eigenvalue weighted by Gasteiger charge is -2.09. The average Bonchev–Trinajstić information content (AvgIpc) is 2.77. The van der Waals surface area contributed by atoms with Gasteiger partial charge in [0.05, 0.1) is 19.9 Å². The summed E-state index contributed by atoms with van der Waals surface area (Å²) in [6.07, 6.45) is 0. The molecule has 2 aromatic rings. The van der Waals surface area contributed by atoms with E-state index in [9.17, 15) is 4.79 Å². The summed E-state index contributed by atoms with van der Waals surface area (Å²) in [6.45, 7) is 4.35. The van der Waals surface area contributed by atoms with Gasteiger partial charge in [0.25, 0.3) is 5.91 Å². The van der Waals surface area contributed by atoms with Crippen molar-refractivity contribution in [3.8, 4) is 11.5 Å². The maximum atomic E-state index is 12.3. The Kier molecular flexibility index (Phi) is 4.70. The number of amides is 1. The lowest BCUT2D eigenvalue weighted by molar-refractivity contribution is 0.0950. The van der Waals surface area contributed by atoms with Gasteiger partial charge in [-0.2, -0.15) is 5.10 Å². The molecule has 0 bridgehead atoms. The van der Waals surface area contributed by atoms with Gasteiger partial charge in [-0.1, -0.05) is 0 Å². The van der Waals surface area contributed by atoms with Crippen LogP contribution in [0, 0.1) is 13.8 Å². The van der Waals surface area contributed by atoms with E-state index in [1.807, 2.05) is 25.6 Å². The quantitative estimate of drug-likeness (QED) is 0.917. The molecule has 0 unspecified atom stereocenters. The minimum absolute atomic E-state index is 0.181. The monoisotopic (exact) mass is 303 g/mol. The normalized spacial score (nSPS) is 10.4. The number of carbonyl (C=O) groups is 1. The van der Waals surface area contributed by atoms with E-state index in [2.05, 4.69) is 10.4 Å². The molecule has 0 aliphatic carbocycles. The minimum atomic E-state index is -0.181. The van der Waals surface area contributed by atoms with Crippen LogP contribution in [0.2, 0.25) is 0 Å². The number of nitrogens with one attached hydrogen (secondary N) is 1. The van der Waals surface area contributed by atoms with Gasteiger partial charge in [-0.25, -0.2) is 0 Å². The Balaban J connectivity index is 2.15. The molecule has 118 valence electrons. The summed E-state index contributed by atoms with van der Waals surface area (Å²) in [4.78, 5) is 12.3. The molecule has 1 N–H and O–H groups in total. The number of benzene rings is 1. The zero-order valence-corrected chi connectivity index (χ0v) is 13.6. The van der Waals surface area contributed by atoms with E-state index in [1.165, 1.54) is 0 Å². The summed E-state index contributed by atoms with van der Waals surface area (Å²) in [5, 5.41) is 7.25. The predicted molar refractivity (Wildman–Crippen MR) is 83.4 cm³/mol. The van der Waals surface area contributed by atoms with Crippen LogP contribution in [0.5, 0.6) is 11.5 Å². The first kappa shape index (κ1) is 15.9. The van der Waals surface area contributed by atoms with Crippen molar-refractivity contribution in [1.29, 1.82) is 0 Å². The van der Waals surface area contributed by atoms with Gasteiger partial charge in [0.15, 0.2) is 0 Å². The molecule has 1 amide bonds. The van der Waals surface area contributed by atoms with E-state index in [4.69, 9.17) is 9.47 Å². The first-order chi connectivity index (χ1) is 10.5. The molecular formula is C16H21N3O3. The highest BCUT2D eigenvalue weighted by Crippen LogP contribution is 2.22. The van der Waals surface area contributed by atoms with Crippen molar-refractivity contribution in [3.05, 3.63) is 40.7 Å². The molecule has 2 rings (SSSR count). The third kappa shape index (κ3) is 3.21. The number of aromatic nitrogens is 2. The van der Waals surface area contributed by atoms with E-state index >= 15 is 0 Å². The van der Waals surface area contributed by atoms with E-state index in [1.54, 1.807) is 32.4 Å². The maximum Gasteiger partial charge on any atom is 0.251 e. The summed E-state index contributed by atoms with van der Waals surface area (Å²) in [5.74, 6) is 0.983. The van der Waals surface area contributed by atoms with Crippen LogP contribution in [0.3, 0.4) is 0 Å². The van der Waals surface area contributed by atoms with Gasteiger partial charge in [0.1, 0.15) is 11.5 Å². The number of carbonyl (C=O) groups excluding carboxylic acids is 1. The van der Waals surface area contributed by atoms with Crippen LogP contribution < -0.4 is 14.8 Å². The molecule has 0 aliphatic heterocycles. The molecule has 6 heteroatoms. The third-order valence-electron chi connectivity index (χ3n) is 3.70. The molecule has 0 radical (unpaired) electrons. The molecule has 0 saturated carbocycles. The van der Waals surface area contributed by atoms with Crippen molar-refractivity contribution in [1.82, 2.24) is 15.1 Å². The fourth-order valence-electron chi connectivity index (χ4n) is 2.28. The number of ether oxygens (including phenoxy) is 2. The average molecular weight is 303 g/mol. The second kappa shape index (κ2) is 6.51. The van der Waals surface area contributed by atoms with Crippen molar-refractivity contribution in [3.63, 3.8) is 0 Å². The zero-order valence-electron chi connectivity index (χ0n) is 13.6. The molecule has 22 heavy (non-hydrogen) atoms. The fourth-order valence-corrected chi connectivity index (χ4v) is 2.28. The molecule has 6 nitrogen and oxygen atoms in total. The number of hydrogen-bond donors (Lipinski definition) is 1. The summed E-state index contributed by atoms with van der Waals surface area (Å²) >= 11 is 0. The predicted octanol–water partition coefficient (Wildman–Crippen LogP) is 1.98. The number of methoxy groups -OCH3 is 2. The summed E-state index contributed by atoms with van der Waals surface area (Å²) < 4.78 is 12.2. The molecule has 0 spiro atoms. The van der Waals surface area contributed by atoms with Gasteiger partial charge in [-0.15, -0.1) is 0 Å². The molecule has 1 aromatic heterocycles. The van der Waals surface area contributed by atoms with E-state index < -0.39 is 0 Å². The Morgan fingerprint density at radius 2 is 1.77 bits per heavy atom. The highest BCUT2D eigenvalue weighted by molar-refractivity contribution is 5.95. The molecule has 1 aromatic carbocycles. The van der Waals surface area contributed by atoms with Crippen LogP contribution in [0.15, 0.2) is 18.2 Å². The van der Waals surface area contributed by atoms with Gasteiger partial charge in [-0.05, 0) is 26.0 Å². The second-order valence-electron chi connectivity index (χ2n) is 5.06. The smallest absolute Gasteiger partial charge is 0.251 e. The zero-order chi connectivity index (χ0) is 16.3. The van der Waals surface area contributed by atoms with Crippen molar-refractivity contribution in [2.45, 2.75) is 20.4 Å².